The lowest BCUT2D eigenvalue weighted by Crippen LogP contribution is -2.32. The molecule has 0 unspecified atom stereocenters. The van der Waals surface area contributed by atoms with Crippen molar-refractivity contribution in [1.29, 1.82) is 0 Å². The van der Waals surface area contributed by atoms with Gasteiger partial charge in [-0.3, -0.25) is 9.69 Å². The molecule has 0 saturated carbocycles. The molecule has 0 radical (unpaired) electrons. The molecule has 6 heteroatoms. The van der Waals surface area contributed by atoms with E-state index in [1.54, 1.807) is 19.1 Å². The second-order valence-electron chi connectivity index (χ2n) is 6.22. The average molecular weight is 397 g/mol. The largest absolute Gasteiger partial charge is 0.497 e. The first-order chi connectivity index (χ1) is 13.7. The number of benzene rings is 2. The number of carbonyl (C=O) groups is 1. The third-order valence-electron chi connectivity index (χ3n) is 4.48. The molecule has 0 fully saturated rings. The van der Waals surface area contributed by atoms with Gasteiger partial charge in [-0.2, -0.15) is 0 Å². The van der Waals surface area contributed by atoms with Gasteiger partial charge >= 0.3 is 0 Å². The third-order valence-corrected chi connectivity index (χ3v) is 5.34. The van der Waals surface area contributed by atoms with Crippen molar-refractivity contribution in [2.45, 2.75) is 19.8 Å². The zero-order valence-corrected chi connectivity index (χ0v) is 17.2. The van der Waals surface area contributed by atoms with E-state index in [0.29, 0.717) is 18.1 Å². The number of methoxy groups -OCH3 is 2. The molecule has 0 saturated heterocycles. The second-order valence-corrected chi connectivity index (χ2v) is 7.05. The van der Waals surface area contributed by atoms with Crippen molar-refractivity contribution in [3.8, 4) is 22.8 Å². The van der Waals surface area contributed by atoms with E-state index in [2.05, 4.69) is 12.1 Å². The molecule has 5 nitrogen and oxygen atoms in total. The van der Waals surface area contributed by atoms with Crippen LogP contribution in [0.5, 0.6) is 11.5 Å². The fraction of sp³-hybridized carbons (Fsp3) is 0.273. The minimum absolute atomic E-state index is 0.0643. The Morgan fingerprint density at radius 3 is 2.57 bits per heavy atom. The lowest BCUT2D eigenvalue weighted by molar-refractivity contribution is -0.118. The highest BCUT2D eigenvalue weighted by atomic mass is 32.1. The number of carbonyl (C=O) groups excluding carboxylic acids is 1. The first-order valence-electron chi connectivity index (χ1n) is 9.18. The summed E-state index contributed by atoms with van der Waals surface area (Å²) in [5.41, 5.74) is 2.81. The van der Waals surface area contributed by atoms with Crippen LogP contribution >= 0.6 is 11.3 Å². The van der Waals surface area contributed by atoms with Crippen molar-refractivity contribution in [3.05, 3.63) is 59.5 Å². The van der Waals surface area contributed by atoms with Gasteiger partial charge in [0.05, 0.1) is 19.9 Å². The highest BCUT2D eigenvalue weighted by Gasteiger charge is 2.19. The highest BCUT2D eigenvalue weighted by molar-refractivity contribution is 7.14. The Balaban J connectivity index is 1.87. The second kappa shape index (κ2) is 9.37. The fourth-order valence-electron chi connectivity index (χ4n) is 2.93. The van der Waals surface area contributed by atoms with Crippen LogP contribution in [0.1, 0.15) is 18.9 Å². The van der Waals surface area contributed by atoms with Gasteiger partial charge < -0.3 is 9.47 Å². The van der Waals surface area contributed by atoms with Crippen LogP contribution in [0.25, 0.3) is 11.3 Å². The number of hydrogen-bond acceptors (Lipinski definition) is 5. The molecular formula is C22H24N2O3S. The first-order valence-corrected chi connectivity index (χ1v) is 10.1. The van der Waals surface area contributed by atoms with E-state index in [0.717, 1.165) is 29.2 Å². The molecule has 28 heavy (non-hydrogen) atoms. The van der Waals surface area contributed by atoms with Crippen molar-refractivity contribution in [1.82, 2.24) is 4.98 Å². The molecule has 0 aliphatic heterocycles. The summed E-state index contributed by atoms with van der Waals surface area (Å²) in [5.74, 6) is 1.51. The number of hydrogen-bond donors (Lipinski definition) is 0. The molecule has 0 atom stereocenters. The topological polar surface area (TPSA) is 51.7 Å². The number of nitrogens with zero attached hydrogens (tertiary/aromatic N) is 2. The Morgan fingerprint density at radius 2 is 1.89 bits per heavy atom. The maximum absolute atomic E-state index is 12.6. The first kappa shape index (κ1) is 19.9. The number of rotatable bonds is 8. The molecule has 2 aromatic carbocycles. The molecular weight excluding hydrogens is 372 g/mol. The maximum Gasteiger partial charge on any atom is 0.228 e. The summed E-state index contributed by atoms with van der Waals surface area (Å²) in [6.45, 7) is 2.47. The summed E-state index contributed by atoms with van der Waals surface area (Å²) in [5, 5.41) is 2.65. The maximum atomic E-state index is 12.6. The van der Waals surface area contributed by atoms with Crippen molar-refractivity contribution in [2.24, 2.45) is 0 Å². The van der Waals surface area contributed by atoms with Crippen LogP contribution in [0.4, 0.5) is 5.13 Å². The Morgan fingerprint density at radius 1 is 1.11 bits per heavy atom. The van der Waals surface area contributed by atoms with Gasteiger partial charge in [-0.15, -0.1) is 11.3 Å². The van der Waals surface area contributed by atoms with Crippen molar-refractivity contribution < 1.29 is 14.3 Å². The van der Waals surface area contributed by atoms with Gasteiger partial charge in [-0.05, 0) is 30.2 Å². The van der Waals surface area contributed by atoms with Crippen LogP contribution in [-0.4, -0.2) is 31.7 Å². The zero-order chi connectivity index (χ0) is 19.9. The van der Waals surface area contributed by atoms with E-state index in [9.17, 15) is 4.79 Å². The molecule has 1 heterocycles. The van der Waals surface area contributed by atoms with E-state index < -0.39 is 0 Å². The molecule has 0 spiro atoms. The van der Waals surface area contributed by atoms with Crippen LogP contribution in [0, 0.1) is 0 Å². The van der Waals surface area contributed by atoms with Crippen molar-refractivity contribution in [2.75, 3.05) is 25.7 Å². The average Bonchev–Trinajstić information content (AvgIpc) is 3.23. The quantitative estimate of drug-likeness (QED) is 0.548. The molecule has 3 rings (SSSR count). The predicted octanol–water partition coefficient (Wildman–Crippen LogP) is 4.81. The Labute approximate surface area is 169 Å². The standard InChI is InChI=1S/C22H24N2O3S/c1-4-21(25)24(13-12-16-8-6-5-7-9-16)22-23-19(15-28-22)18-14-17(26-2)10-11-20(18)27-3/h5-11,14-15H,4,12-13H2,1-3H3. The molecule has 0 aliphatic carbocycles. The van der Waals surface area contributed by atoms with Crippen molar-refractivity contribution in [3.63, 3.8) is 0 Å². The van der Waals surface area contributed by atoms with Gasteiger partial charge in [0.15, 0.2) is 5.13 Å². The molecule has 1 amide bonds. The number of anilines is 1. The molecule has 146 valence electrons. The number of amides is 1. The number of aromatic nitrogens is 1. The van der Waals surface area contributed by atoms with Crippen LogP contribution in [0.2, 0.25) is 0 Å². The summed E-state index contributed by atoms with van der Waals surface area (Å²) in [6, 6.07) is 15.8. The van der Waals surface area contributed by atoms with Crippen molar-refractivity contribution >= 4 is 22.4 Å². The van der Waals surface area contributed by atoms with Crippen LogP contribution < -0.4 is 14.4 Å². The minimum Gasteiger partial charge on any atom is -0.497 e. The molecule has 3 aromatic rings. The van der Waals surface area contributed by atoms with Gasteiger partial charge in [-0.1, -0.05) is 37.3 Å². The van der Waals surface area contributed by atoms with E-state index in [4.69, 9.17) is 14.5 Å². The van der Waals surface area contributed by atoms with E-state index >= 15 is 0 Å². The van der Waals surface area contributed by atoms with Gasteiger partial charge in [0, 0.05) is 23.9 Å². The summed E-state index contributed by atoms with van der Waals surface area (Å²) < 4.78 is 10.8. The third kappa shape index (κ3) is 4.51. The smallest absolute Gasteiger partial charge is 0.228 e. The Kier molecular flexibility index (Phi) is 6.66. The van der Waals surface area contributed by atoms with Gasteiger partial charge in [0.1, 0.15) is 11.5 Å². The van der Waals surface area contributed by atoms with E-state index in [-0.39, 0.29) is 5.91 Å². The Hall–Kier alpha value is -2.86. The highest BCUT2D eigenvalue weighted by Crippen LogP contribution is 2.36. The lowest BCUT2D eigenvalue weighted by Gasteiger charge is -2.19. The minimum atomic E-state index is 0.0643. The fourth-order valence-corrected chi connectivity index (χ4v) is 3.80. The summed E-state index contributed by atoms with van der Waals surface area (Å²) in [7, 11) is 3.26. The normalized spacial score (nSPS) is 10.5. The van der Waals surface area contributed by atoms with Gasteiger partial charge in [0.25, 0.3) is 0 Å². The molecule has 0 aliphatic rings. The van der Waals surface area contributed by atoms with Gasteiger partial charge in [-0.25, -0.2) is 4.98 Å². The summed E-state index contributed by atoms with van der Waals surface area (Å²) >= 11 is 1.46. The van der Waals surface area contributed by atoms with Gasteiger partial charge in [0.2, 0.25) is 5.91 Å². The van der Waals surface area contributed by atoms with Crippen LogP contribution in [0.15, 0.2) is 53.9 Å². The number of thiazole rings is 1. The van der Waals surface area contributed by atoms with E-state index in [1.165, 1.54) is 16.9 Å². The van der Waals surface area contributed by atoms with Crippen LogP contribution in [0.3, 0.4) is 0 Å². The summed E-state index contributed by atoms with van der Waals surface area (Å²) in [4.78, 5) is 19.1. The van der Waals surface area contributed by atoms with E-state index in [1.807, 2.05) is 48.7 Å². The monoisotopic (exact) mass is 396 g/mol. The molecule has 1 aromatic heterocycles. The zero-order valence-electron chi connectivity index (χ0n) is 16.3. The lowest BCUT2D eigenvalue weighted by atomic mass is 10.1. The Bertz CT molecular complexity index is 925. The molecule has 0 bridgehead atoms. The molecule has 0 N–H and O–H groups in total. The van der Waals surface area contributed by atoms with Crippen LogP contribution in [-0.2, 0) is 11.2 Å². The summed E-state index contributed by atoms with van der Waals surface area (Å²) in [6.07, 6.45) is 1.22. The predicted molar refractivity (Wildman–Crippen MR) is 113 cm³/mol. The number of ether oxygens (including phenoxy) is 2. The SMILES string of the molecule is CCC(=O)N(CCc1ccccc1)c1nc(-c2cc(OC)ccc2OC)cs1.